The van der Waals surface area contributed by atoms with Crippen LogP contribution < -0.4 is 16.4 Å². The molecule has 8 nitrogen and oxygen atoms in total. The highest BCUT2D eigenvalue weighted by molar-refractivity contribution is 5.67. The van der Waals surface area contributed by atoms with Crippen molar-refractivity contribution in [1.29, 1.82) is 0 Å². The van der Waals surface area contributed by atoms with Gasteiger partial charge in [0.15, 0.2) is 12.5 Å². The van der Waals surface area contributed by atoms with E-state index in [9.17, 15) is 9.59 Å². The lowest BCUT2D eigenvalue weighted by Gasteiger charge is -2.33. The highest BCUT2D eigenvalue weighted by atomic mass is 16.6. The number of amides is 2. The van der Waals surface area contributed by atoms with E-state index in [0.717, 1.165) is 51.4 Å². The Morgan fingerprint density at radius 3 is 1.71 bits per heavy atom. The van der Waals surface area contributed by atoms with Crippen LogP contribution in [0.3, 0.4) is 0 Å². The van der Waals surface area contributed by atoms with Crippen molar-refractivity contribution in [2.24, 2.45) is 5.73 Å². The molecule has 0 spiro atoms. The van der Waals surface area contributed by atoms with Gasteiger partial charge in [-0.1, -0.05) is 39.5 Å². The van der Waals surface area contributed by atoms with E-state index in [-0.39, 0.29) is 0 Å². The van der Waals surface area contributed by atoms with Crippen LogP contribution in [0.25, 0.3) is 0 Å². The molecule has 0 heterocycles. The fraction of sp³-hybridized carbons (Fsp3) is 0.900. The summed E-state index contributed by atoms with van der Waals surface area (Å²) in [6.07, 6.45) is 5.91. The van der Waals surface area contributed by atoms with Crippen LogP contribution in [0.15, 0.2) is 0 Å². The van der Waals surface area contributed by atoms with Crippen LogP contribution in [0.4, 0.5) is 9.59 Å². The Kier molecular flexibility index (Phi) is 16.6. The second-order valence-corrected chi connectivity index (χ2v) is 7.01. The molecule has 0 saturated carbocycles. The summed E-state index contributed by atoms with van der Waals surface area (Å²) in [5.41, 5.74) is 5.54. The van der Waals surface area contributed by atoms with Crippen molar-refractivity contribution in [2.75, 3.05) is 26.2 Å². The van der Waals surface area contributed by atoms with Crippen LogP contribution in [0.5, 0.6) is 0 Å². The third kappa shape index (κ3) is 13.6. The zero-order valence-corrected chi connectivity index (χ0v) is 18.3. The smallest absolute Gasteiger partial charge is 0.408 e. The number of nitrogens with zero attached hydrogens (tertiary/aromatic N) is 1. The Morgan fingerprint density at radius 2 is 1.29 bits per heavy atom. The largest absolute Gasteiger partial charge is 0.430 e. The molecule has 0 bridgehead atoms. The summed E-state index contributed by atoms with van der Waals surface area (Å²) in [7, 11) is 0. The zero-order chi connectivity index (χ0) is 21.2. The lowest BCUT2D eigenvalue weighted by Crippen LogP contribution is -2.47. The predicted molar refractivity (Wildman–Crippen MR) is 112 cm³/mol. The van der Waals surface area contributed by atoms with Crippen molar-refractivity contribution in [1.82, 2.24) is 15.5 Å². The topological polar surface area (TPSA) is 106 Å². The predicted octanol–water partition coefficient (Wildman–Crippen LogP) is 3.55. The number of rotatable bonds is 16. The average molecular weight is 403 g/mol. The Hall–Kier alpha value is -1.54. The van der Waals surface area contributed by atoms with E-state index < -0.39 is 24.6 Å². The summed E-state index contributed by atoms with van der Waals surface area (Å²) in [6, 6.07) is 0. The molecule has 0 saturated heterocycles. The minimum atomic E-state index is -0.505. The number of alkyl carbamates (subject to hydrolysis) is 2. The molecule has 0 rings (SSSR count). The van der Waals surface area contributed by atoms with Gasteiger partial charge >= 0.3 is 12.2 Å². The third-order valence-corrected chi connectivity index (χ3v) is 4.46. The second kappa shape index (κ2) is 17.6. The van der Waals surface area contributed by atoms with E-state index in [4.69, 9.17) is 15.2 Å². The average Bonchev–Trinajstić information content (AvgIpc) is 2.64. The summed E-state index contributed by atoms with van der Waals surface area (Å²) < 4.78 is 11.0. The van der Waals surface area contributed by atoms with Crippen molar-refractivity contribution in [2.45, 2.75) is 91.5 Å². The van der Waals surface area contributed by atoms with E-state index in [1.54, 1.807) is 13.8 Å². The van der Waals surface area contributed by atoms with Gasteiger partial charge in [-0.05, 0) is 46.1 Å². The number of ether oxygens (including phenoxy) is 2. The summed E-state index contributed by atoms with van der Waals surface area (Å²) in [4.78, 5) is 25.8. The van der Waals surface area contributed by atoms with Crippen LogP contribution in [-0.2, 0) is 9.47 Å². The van der Waals surface area contributed by atoms with E-state index in [0.29, 0.717) is 26.2 Å². The molecule has 0 radical (unpaired) electrons. The maximum atomic E-state index is 12.0. The minimum Gasteiger partial charge on any atom is -0.430 e. The van der Waals surface area contributed by atoms with Crippen molar-refractivity contribution < 1.29 is 19.1 Å². The van der Waals surface area contributed by atoms with Crippen molar-refractivity contribution >= 4 is 12.2 Å². The zero-order valence-electron chi connectivity index (χ0n) is 18.3. The van der Waals surface area contributed by atoms with E-state index in [1.165, 1.54) is 0 Å². The molecule has 166 valence electrons. The van der Waals surface area contributed by atoms with Crippen molar-refractivity contribution in [3.8, 4) is 0 Å². The Balaban J connectivity index is 4.63. The summed E-state index contributed by atoms with van der Waals surface area (Å²) >= 11 is 0. The van der Waals surface area contributed by atoms with Crippen LogP contribution >= 0.6 is 0 Å². The van der Waals surface area contributed by atoms with Gasteiger partial charge in [-0.15, -0.1) is 0 Å². The van der Waals surface area contributed by atoms with Gasteiger partial charge in [0.2, 0.25) is 0 Å². The lowest BCUT2D eigenvalue weighted by molar-refractivity contribution is -0.0921. The van der Waals surface area contributed by atoms with Gasteiger partial charge in [-0.3, -0.25) is 0 Å². The molecule has 28 heavy (non-hydrogen) atoms. The standard InChI is InChI=1S/C20H42N4O4/c1-5-7-14-22-19(25)27-17(3)24(16-12-10-9-11-13-21)18(4)28-20(26)23-15-8-6-2/h17-18H,5-16,21H2,1-4H3,(H,22,25)(H,23,26). The molecule has 0 aliphatic rings. The number of carbonyl (C=O) groups excluding carboxylic acids is 2. The summed E-state index contributed by atoms with van der Waals surface area (Å²) in [6.45, 7) is 10.3. The van der Waals surface area contributed by atoms with Crippen LogP contribution in [0.2, 0.25) is 0 Å². The van der Waals surface area contributed by atoms with Crippen LogP contribution in [0.1, 0.15) is 79.1 Å². The number of unbranched alkanes of at least 4 members (excludes halogenated alkanes) is 5. The number of nitrogens with two attached hydrogens (primary N) is 1. The minimum absolute atomic E-state index is 0.450. The Morgan fingerprint density at radius 1 is 0.821 bits per heavy atom. The highest BCUT2D eigenvalue weighted by Gasteiger charge is 2.25. The number of hydrogen-bond acceptors (Lipinski definition) is 6. The third-order valence-electron chi connectivity index (χ3n) is 4.46. The maximum Gasteiger partial charge on any atom is 0.408 e. The fourth-order valence-electron chi connectivity index (χ4n) is 2.71. The molecule has 0 aromatic carbocycles. The quantitative estimate of drug-likeness (QED) is 0.269. The van der Waals surface area contributed by atoms with E-state index in [1.807, 2.05) is 4.90 Å². The molecule has 0 aromatic heterocycles. The molecule has 2 amide bonds. The first-order valence-corrected chi connectivity index (χ1v) is 10.8. The lowest BCUT2D eigenvalue weighted by atomic mass is 10.2. The van der Waals surface area contributed by atoms with Crippen LogP contribution in [-0.4, -0.2) is 55.7 Å². The highest BCUT2D eigenvalue weighted by Crippen LogP contribution is 2.12. The molecule has 0 fully saturated rings. The fourth-order valence-corrected chi connectivity index (χ4v) is 2.71. The first kappa shape index (κ1) is 26.5. The molecule has 8 heteroatoms. The molecule has 0 aromatic rings. The molecule has 4 N–H and O–H groups in total. The van der Waals surface area contributed by atoms with Gasteiger partial charge < -0.3 is 25.8 Å². The monoisotopic (exact) mass is 402 g/mol. The molecule has 2 atom stereocenters. The van der Waals surface area contributed by atoms with Crippen LogP contribution in [0, 0.1) is 0 Å². The number of carbonyl (C=O) groups is 2. The van der Waals surface area contributed by atoms with Gasteiger partial charge in [-0.2, -0.15) is 0 Å². The van der Waals surface area contributed by atoms with Gasteiger partial charge in [0.1, 0.15) is 0 Å². The van der Waals surface area contributed by atoms with Gasteiger partial charge in [0, 0.05) is 19.6 Å². The Labute approximate surface area is 170 Å². The summed E-state index contributed by atoms with van der Waals surface area (Å²) in [5, 5.41) is 5.49. The van der Waals surface area contributed by atoms with Gasteiger partial charge in [-0.25, -0.2) is 14.5 Å². The van der Waals surface area contributed by atoms with Crippen molar-refractivity contribution in [3.63, 3.8) is 0 Å². The van der Waals surface area contributed by atoms with Gasteiger partial charge in [0.25, 0.3) is 0 Å². The normalized spacial score (nSPS) is 13.1. The number of nitrogens with one attached hydrogen (secondary N) is 2. The molecule has 0 aliphatic heterocycles. The SMILES string of the molecule is CCCCNC(=O)OC(C)N(CCCCCCN)C(C)OC(=O)NCCCC. The van der Waals surface area contributed by atoms with E-state index in [2.05, 4.69) is 24.5 Å². The van der Waals surface area contributed by atoms with Gasteiger partial charge in [0.05, 0.1) is 0 Å². The second-order valence-electron chi connectivity index (χ2n) is 7.01. The molecule has 2 unspecified atom stereocenters. The molecule has 0 aliphatic carbocycles. The van der Waals surface area contributed by atoms with E-state index >= 15 is 0 Å². The molecular weight excluding hydrogens is 360 g/mol. The summed E-state index contributed by atoms with van der Waals surface area (Å²) in [5.74, 6) is 0. The maximum absolute atomic E-state index is 12.0. The van der Waals surface area contributed by atoms with Crippen molar-refractivity contribution in [3.05, 3.63) is 0 Å². The number of hydrogen-bond donors (Lipinski definition) is 3. The first-order valence-electron chi connectivity index (χ1n) is 10.8. The Bertz CT molecular complexity index is 380. The first-order chi connectivity index (χ1) is 13.5. The molecular formula is C20H42N4O4.